The highest BCUT2D eigenvalue weighted by Gasteiger charge is 2.13. The average Bonchev–Trinajstić information content (AvgIpc) is 2.59. The molecule has 2 rings (SSSR count). The molecule has 0 saturated carbocycles. The normalized spacial score (nSPS) is 10.9. The van der Waals surface area contributed by atoms with Gasteiger partial charge in [0.25, 0.3) is 0 Å². The van der Waals surface area contributed by atoms with Crippen LogP contribution in [0.15, 0.2) is 42.5 Å². The molecule has 0 unspecified atom stereocenters. The van der Waals surface area contributed by atoms with Crippen LogP contribution in [0.3, 0.4) is 0 Å². The molecule has 2 N–H and O–H groups in total. The molecule has 0 heterocycles. The van der Waals surface area contributed by atoms with Gasteiger partial charge in [0.1, 0.15) is 0 Å². The smallest absolute Gasteiger partial charge is 0.319 e. The van der Waals surface area contributed by atoms with Crippen LogP contribution in [0.1, 0.15) is 31.9 Å². The lowest BCUT2D eigenvalue weighted by Gasteiger charge is -2.19. The van der Waals surface area contributed by atoms with Crippen molar-refractivity contribution in [3.05, 3.63) is 53.6 Å². The SMILES string of the molecule is COc1ccc(CNC(=O)Nc2ccc(C(C)(C)C)cc2)cc1OC. The van der Waals surface area contributed by atoms with E-state index in [0.29, 0.717) is 18.0 Å². The lowest BCUT2D eigenvalue weighted by molar-refractivity contribution is 0.251. The van der Waals surface area contributed by atoms with Gasteiger partial charge in [0.15, 0.2) is 11.5 Å². The number of methoxy groups -OCH3 is 2. The van der Waals surface area contributed by atoms with Crippen molar-refractivity contribution < 1.29 is 14.3 Å². The van der Waals surface area contributed by atoms with Gasteiger partial charge in [-0.05, 0) is 40.8 Å². The zero-order chi connectivity index (χ0) is 18.4. The fourth-order valence-electron chi connectivity index (χ4n) is 2.40. The Balaban J connectivity index is 1.92. The van der Waals surface area contributed by atoms with Gasteiger partial charge in [0.2, 0.25) is 0 Å². The molecule has 2 amide bonds. The molecule has 134 valence electrons. The number of urea groups is 1. The summed E-state index contributed by atoms with van der Waals surface area (Å²) in [4.78, 5) is 12.1. The Morgan fingerprint density at radius 3 is 2.16 bits per heavy atom. The van der Waals surface area contributed by atoms with Gasteiger partial charge in [0.05, 0.1) is 14.2 Å². The Morgan fingerprint density at radius 2 is 1.60 bits per heavy atom. The number of rotatable bonds is 5. The summed E-state index contributed by atoms with van der Waals surface area (Å²) >= 11 is 0. The van der Waals surface area contributed by atoms with E-state index < -0.39 is 0 Å². The second-order valence-corrected chi connectivity index (χ2v) is 6.82. The number of amides is 2. The molecule has 2 aromatic rings. The highest BCUT2D eigenvalue weighted by Crippen LogP contribution is 2.27. The predicted octanol–water partition coefficient (Wildman–Crippen LogP) is 4.32. The number of ether oxygens (including phenoxy) is 2. The molecule has 0 bridgehead atoms. The molecule has 2 aromatic carbocycles. The molecular weight excluding hydrogens is 316 g/mol. The topological polar surface area (TPSA) is 59.6 Å². The van der Waals surface area contributed by atoms with Gasteiger partial charge in [-0.15, -0.1) is 0 Å². The van der Waals surface area contributed by atoms with E-state index in [1.54, 1.807) is 14.2 Å². The molecule has 0 aromatic heterocycles. The lowest BCUT2D eigenvalue weighted by Crippen LogP contribution is -2.28. The Labute approximate surface area is 149 Å². The predicted molar refractivity (Wildman–Crippen MR) is 101 cm³/mol. The van der Waals surface area contributed by atoms with Gasteiger partial charge in [-0.1, -0.05) is 39.0 Å². The second kappa shape index (κ2) is 7.92. The molecule has 25 heavy (non-hydrogen) atoms. The molecule has 0 atom stereocenters. The highest BCUT2D eigenvalue weighted by molar-refractivity contribution is 5.89. The van der Waals surface area contributed by atoms with Crippen molar-refractivity contribution in [3.63, 3.8) is 0 Å². The Kier molecular flexibility index (Phi) is 5.91. The average molecular weight is 342 g/mol. The molecule has 0 saturated heterocycles. The number of nitrogens with one attached hydrogen (secondary N) is 2. The molecule has 0 aliphatic rings. The summed E-state index contributed by atoms with van der Waals surface area (Å²) in [6.45, 7) is 6.87. The maximum atomic E-state index is 12.1. The first-order valence-corrected chi connectivity index (χ1v) is 8.20. The summed E-state index contributed by atoms with van der Waals surface area (Å²) in [6, 6.07) is 13.2. The van der Waals surface area contributed by atoms with Crippen LogP contribution in [-0.2, 0) is 12.0 Å². The Bertz CT molecular complexity index is 719. The fraction of sp³-hybridized carbons (Fsp3) is 0.350. The monoisotopic (exact) mass is 342 g/mol. The highest BCUT2D eigenvalue weighted by atomic mass is 16.5. The first-order valence-electron chi connectivity index (χ1n) is 8.20. The van der Waals surface area contributed by atoms with Gasteiger partial charge in [-0.2, -0.15) is 0 Å². The van der Waals surface area contributed by atoms with Crippen LogP contribution in [0.2, 0.25) is 0 Å². The van der Waals surface area contributed by atoms with Gasteiger partial charge in [-0.3, -0.25) is 0 Å². The van der Waals surface area contributed by atoms with Crippen LogP contribution in [-0.4, -0.2) is 20.3 Å². The van der Waals surface area contributed by atoms with E-state index in [1.165, 1.54) is 5.56 Å². The third-order valence-corrected chi connectivity index (χ3v) is 3.91. The maximum absolute atomic E-state index is 12.1. The number of hydrogen-bond acceptors (Lipinski definition) is 3. The molecule has 0 spiro atoms. The molecule has 0 radical (unpaired) electrons. The summed E-state index contributed by atoms with van der Waals surface area (Å²) in [7, 11) is 3.18. The van der Waals surface area contributed by atoms with Crippen molar-refractivity contribution in [2.75, 3.05) is 19.5 Å². The molecule has 5 heteroatoms. The summed E-state index contributed by atoms with van der Waals surface area (Å²) in [6.07, 6.45) is 0. The van der Waals surface area contributed by atoms with Crippen LogP contribution in [0, 0.1) is 0 Å². The second-order valence-electron chi connectivity index (χ2n) is 6.82. The van der Waals surface area contributed by atoms with Crippen molar-refractivity contribution in [3.8, 4) is 11.5 Å². The minimum absolute atomic E-state index is 0.0915. The van der Waals surface area contributed by atoms with Gasteiger partial charge in [0, 0.05) is 12.2 Å². The van der Waals surface area contributed by atoms with Crippen molar-refractivity contribution in [2.45, 2.75) is 32.7 Å². The van der Waals surface area contributed by atoms with Crippen molar-refractivity contribution in [1.29, 1.82) is 0 Å². The van der Waals surface area contributed by atoms with Gasteiger partial charge >= 0.3 is 6.03 Å². The Hall–Kier alpha value is -2.69. The van der Waals surface area contributed by atoms with Crippen LogP contribution in [0.25, 0.3) is 0 Å². The van der Waals surface area contributed by atoms with Crippen LogP contribution in [0.5, 0.6) is 11.5 Å². The molecule has 0 fully saturated rings. The first-order chi connectivity index (χ1) is 11.8. The molecular formula is C20H26N2O3. The lowest BCUT2D eigenvalue weighted by atomic mass is 9.87. The molecule has 5 nitrogen and oxygen atoms in total. The summed E-state index contributed by atoms with van der Waals surface area (Å²) in [5.41, 5.74) is 3.01. The summed E-state index contributed by atoms with van der Waals surface area (Å²) in [5, 5.41) is 5.67. The minimum atomic E-state index is -0.252. The largest absolute Gasteiger partial charge is 0.493 e. The van der Waals surface area contributed by atoms with Crippen molar-refractivity contribution >= 4 is 11.7 Å². The number of carbonyl (C=O) groups is 1. The van der Waals surface area contributed by atoms with E-state index in [9.17, 15) is 4.79 Å². The fourth-order valence-corrected chi connectivity index (χ4v) is 2.40. The zero-order valence-corrected chi connectivity index (χ0v) is 15.5. The van der Waals surface area contributed by atoms with E-state index in [1.807, 2.05) is 42.5 Å². The van der Waals surface area contributed by atoms with Crippen molar-refractivity contribution in [1.82, 2.24) is 5.32 Å². The van der Waals surface area contributed by atoms with Crippen LogP contribution < -0.4 is 20.1 Å². The molecule has 0 aliphatic carbocycles. The Morgan fingerprint density at radius 1 is 0.960 bits per heavy atom. The van der Waals surface area contributed by atoms with E-state index in [0.717, 1.165) is 11.3 Å². The summed E-state index contributed by atoms with van der Waals surface area (Å²) in [5.74, 6) is 1.30. The van der Waals surface area contributed by atoms with Gasteiger partial charge < -0.3 is 20.1 Å². The molecule has 0 aliphatic heterocycles. The van der Waals surface area contributed by atoms with E-state index in [2.05, 4.69) is 31.4 Å². The number of hydrogen-bond donors (Lipinski definition) is 2. The summed E-state index contributed by atoms with van der Waals surface area (Å²) < 4.78 is 10.5. The van der Waals surface area contributed by atoms with E-state index >= 15 is 0 Å². The number of anilines is 1. The third kappa shape index (κ3) is 5.14. The number of carbonyl (C=O) groups excluding carboxylic acids is 1. The quantitative estimate of drug-likeness (QED) is 0.850. The zero-order valence-electron chi connectivity index (χ0n) is 15.5. The van der Waals surface area contributed by atoms with E-state index in [-0.39, 0.29) is 11.4 Å². The maximum Gasteiger partial charge on any atom is 0.319 e. The van der Waals surface area contributed by atoms with Crippen LogP contribution >= 0.6 is 0 Å². The van der Waals surface area contributed by atoms with E-state index in [4.69, 9.17) is 9.47 Å². The van der Waals surface area contributed by atoms with Crippen molar-refractivity contribution in [2.24, 2.45) is 0 Å². The number of benzene rings is 2. The van der Waals surface area contributed by atoms with Gasteiger partial charge in [-0.25, -0.2) is 4.79 Å². The third-order valence-electron chi connectivity index (χ3n) is 3.91. The van der Waals surface area contributed by atoms with Crippen LogP contribution in [0.4, 0.5) is 10.5 Å². The minimum Gasteiger partial charge on any atom is -0.493 e. The standard InChI is InChI=1S/C20H26N2O3/c1-20(2,3)15-7-9-16(10-8-15)22-19(23)21-13-14-6-11-17(24-4)18(12-14)25-5/h6-12H,13H2,1-5H3,(H2,21,22,23). The first kappa shape index (κ1) is 18.6.